The van der Waals surface area contributed by atoms with Crippen molar-refractivity contribution in [1.82, 2.24) is 9.88 Å². The first kappa shape index (κ1) is 12.5. The largest absolute Gasteiger partial charge is 0.322 e. The minimum absolute atomic E-state index is 0.0463. The van der Waals surface area contributed by atoms with Crippen LogP contribution in [-0.2, 0) is 0 Å². The fourth-order valence-electron chi connectivity index (χ4n) is 1.24. The second-order valence-electron chi connectivity index (χ2n) is 3.53. The van der Waals surface area contributed by atoms with Crippen LogP contribution in [0.1, 0.15) is 24.3 Å². The Labute approximate surface area is 99.5 Å². The lowest BCUT2D eigenvalue weighted by Gasteiger charge is -2.23. The normalized spacial score (nSPS) is 9.94. The number of aromatic nitrogens is 1. The summed E-state index contributed by atoms with van der Waals surface area (Å²) in [6.07, 6.45) is 0. The van der Waals surface area contributed by atoms with Gasteiger partial charge in [0.15, 0.2) is 0 Å². The molecule has 1 aromatic heterocycles. The fourth-order valence-corrected chi connectivity index (χ4v) is 1.40. The third kappa shape index (κ3) is 2.94. The lowest BCUT2D eigenvalue weighted by atomic mass is 10.2. The Morgan fingerprint density at radius 2 is 2.31 bits per heavy atom. The molecule has 0 aliphatic rings. The van der Waals surface area contributed by atoms with Gasteiger partial charge in [-0.15, -0.1) is 0 Å². The number of halogens is 1. The minimum Gasteiger partial charge on any atom is -0.322 e. The van der Waals surface area contributed by atoms with E-state index in [0.29, 0.717) is 0 Å². The Balaban J connectivity index is 2.95. The van der Waals surface area contributed by atoms with Crippen LogP contribution < -0.4 is 0 Å². The highest BCUT2D eigenvalue weighted by Crippen LogP contribution is 2.09. The molecule has 0 unspecified atom stereocenters. The van der Waals surface area contributed by atoms with E-state index < -0.39 is 0 Å². The summed E-state index contributed by atoms with van der Waals surface area (Å²) in [7, 11) is 0. The van der Waals surface area contributed by atoms with Crippen molar-refractivity contribution in [3.05, 3.63) is 29.0 Å². The van der Waals surface area contributed by atoms with E-state index in [-0.39, 0.29) is 29.3 Å². The number of amides is 1. The van der Waals surface area contributed by atoms with Crippen molar-refractivity contribution in [1.29, 1.82) is 5.26 Å². The average molecular weight is 238 g/mol. The predicted octanol–water partition coefficient (Wildman–Crippen LogP) is 2.11. The summed E-state index contributed by atoms with van der Waals surface area (Å²) < 4.78 is 0. The lowest BCUT2D eigenvalue weighted by molar-refractivity contribution is 0.0725. The standard InChI is InChI=1S/C11H12ClN3O/c1-8(2)15(7-6-13)11(16)9-4-3-5-10(12)14-9/h3-5,8H,7H2,1-2H3. The van der Waals surface area contributed by atoms with Crippen LogP contribution in [0.4, 0.5) is 0 Å². The second kappa shape index (κ2) is 5.47. The number of rotatable bonds is 3. The molecule has 1 amide bonds. The molecule has 4 nitrogen and oxygen atoms in total. The van der Waals surface area contributed by atoms with Gasteiger partial charge in [0.1, 0.15) is 17.4 Å². The van der Waals surface area contributed by atoms with Crippen molar-refractivity contribution in [2.75, 3.05) is 6.54 Å². The van der Waals surface area contributed by atoms with Crippen molar-refractivity contribution in [3.63, 3.8) is 0 Å². The van der Waals surface area contributed by atoms with Crippen molar-refractivity contribution >= 4 is 17.5 Å². The van der Waals surface area contributed by atoms with Crippen molar-refractivity contribution < 1.29 is 4.79 Å². The van der Waals surface area contributed by atoms with E-state index in [1.54, 1.807) is 18.2 Å². The van der Waals surface area contributed by atoms with Crippen LogP contribution in [0.5, 0.6) is 0 Å². The number of hydrogen-bond donors (Lipinski definition) is 0. The Morgan fingerprint density at radius 1 is 1.62 bits per heavy atom. The second-order valence-corrected chi connectivity index (χ2v) is 3.92. The van der Waals surface area contributed by atoms with E-state index in [9.17, 15) is 4.79 Å². The molecule has 16 heavy (non-hydrogen) atoms. The molecule has 0 atom stereocenters. The lowest BCUT2D eigenvalue weighted by Crippen LogP contribution is -2.37. The summed E-state index contributed by atoms with van der Waals surface area (Å²) in [5, 5.41) is 8.92. The average Bonchev–Trinajstić information content (AvgIpc) is 2.24. The van der Waals surface area contributed by atoms with Gasteiger partial charge in [0, 0.05) is 6.04 Å². The van der Waals surface area contributed by atoms with Crippen LogP contribution in [0, 0.1) is 11.3 Å². The van der Waals surface area contributed by atoms with Crippen LogP contribution in [0.25, 0.3) is 0 Å². The Morgan fingerprint density at radius 3 is 2.81 bits per heavy atom. The molecular weight excluding hydrogens is 226 g/mol. The van der Waals surface area contributed by atoms with Gasteiger partial charge in [-0.2, -0.15) is 5.26 Å². The molecule has 84 valence electrons. The molecule has 0 aliphatic carbocycles. The number of nitriles is 1. The van der Waals surface area contributed by atoms with Gasteiger partial charge >= 0.3 is 0 Å². The smallest absolute Gasteiger partial charge is 0.273 e. The third-order valence-electron chi connectivity index (χ3n) is 2.06. The minimum atomic E-state index is -0.279. The number of nitrogens with zero attached hydrogens (tertiary/aromatic N) is 3. The predicted molar refractivity (Wildman–Crippen MR) is 61.0 cm³/mol. The zero-order chi connectivity index (χ0) is 12.1. The number of carbonyl (C=O) groups excluding carboxylic acids is 1. The number of pyridine rings is 1. The Hall–Kier alpha value is -1.60. The molecule has 0 fully saturated rings. The summed E-state index contributed by atoms with van der Waals surface area (Å²) in [6.45, 7) is 3.74. The van der Waals surface area contributed by atoms with Gasteiger partial charge in [-0.3, -0.25) is 4.79 Å². The maximum atomic E-state index is 12.0. The molecule has 0 bridgehead atoms. The quantitative estimate of drug-likeness (QED) is 0.598. The van der Waals surface area contributed by atoms with Crippen LogP contribution in [0.3, 0.4) is 0 Å². The first-order valence-corrected chi connectivity index (χ1v) is 5.24. The molecule has 0 saturated carbocycles. The zero-order valence-corrected chi connectivity index (χ0v) is 9.90. The van der Waals surface area contributed by atoms with Gasteiger partial charge in [0.25, 0.3) is 5.91 Å². The van der Waals surface area contributed by atoms with Gasteiger partial charge in [0.05, 0.1) is 6.07 Å². The molecule has 1 aromatic rings. The fraction of sp³-hybridized carbons (Fsp3) is 0.364. The molecule has 1 heterocycles. The first-order chi connectivity index (χ1) is 7.56. The molecule has 0 aromatic carbocycles. The highest BCUT2D eigenvalue weighted by Gasteiger charge is 2.19. The molecule has 0 saturated heterocycles. The van der Waals surface area contributed by atoms with Crippen LogP contribution >= 0.6 is 11.6 Å². The van der Waals surface area contributed by atoms with Gasteiger partial charge in [-0.1, -0.05) is 17.7 Å². The zero-order valence-electron chi connectivity index (χ0n) is 9.14. The molecule has 0 spiro atoms. The molecule has 1 rings (SSSR count). The van der Waals surface area contributed by atoms with Crippen molar-refractivity contribution in [2.45, 2.75) is 19.9 Å². The topological polar surface area (TPSA) is 57.0 Å². The van der Waals surface area contributed by atoms with Gasteiger partial charge in [0.2, 0.25) is 0 Å². The maximum absolute atomic E-state index is 12.0. The first-order valence-electron chi connectivity index (χ1n) is 4.86. The van der Waals surface area contributed by atoms with Crippen LogP contribution in [0.15, 0.2) is 18.2 Å². The van der Waals surface area contributed by atoms with Gasteiger partial charge in [-0.25, -0.2) is 4.98 Å². The Bertz CT molecular complexity index is 425. The summed E-state index contributed by atoms with van der Waals surface area (Å²) in [4.78, 5) is 17.3. The SMILES string of the molecule is CC(C)N(CC#N)C(=O)c1cccc(Cl)n1. The van der Waals surface area contributed by atoms with E-state index in [1.807, 2.05) is 19.9 Å². The summed E-state index contributed by atoms with van der Waals surface area (Å²) in [5.41, 5.74) is 0.261. The highest BCUT2D eigenvalue weighted by molar-refractivity contribution is 6.29. The summed E-state index contributed by atoms with van der Waals surface area (Å²) >= 11 is 5.70. The maximum Gasteiger partial charge on any atom is 0.273 e. The molecule has 0 aliphatic heterocycles. The highest BCUT2D eigenvalue weighted by atomic mass is 35.5. The van der Waals surface area contributed by atoms with Gasteiger partial charge < -0.3 is 4.90 Å². The van der Waals surface area contributed by atoms with E-state index in [0.717, 1.165) is 0 Å². The summed E-state index contributed by atoms with van der Waals surface area (Å²) in [6, 6.07) is 6.75. The number of hydrogen-bond acceptors (Lipinski definition) is 3. The molecule has 5 heteroatoms. The van der Waals surface area contributed by atoms with Crippen molar-refractivity contribution in [2.24, 2.45) is 0 Å². The van der Waals surface area contributed by atoms with Crippen LogP contribution in [0.2, 0.25) is 5.15 Å². The van der Waals surface area contributed by atoms with E-state index >= 15 is 0 Å². The van der Waals surface area contributed by atoms with E-state index in [4.69, 9.17) is 16.9 Å². The number of carbonyl (C=O) groups is 1. The molecule has 0 N–H and O–H groups in total. The summed E-state index contributed by atoms with van der Waals surface area (Å²) in [5.74, 6) is -0.279. The van der Waals surface area contributed by atoms with Crippen molar-refractivity contribution in [3.8, 4) is 6.07 Å². The Kier molecular flexibility index (Phi) is 4.27. The van der Waals surface area contributed by atoms with E-state index in [1.165, 1.54) is 4.90 Å². The third-order valence-corrected chi connectivity index (χ3v) is 2.27. The molecule has 0 radical (unpaired) electrons. The van der Waals surface area contributed by atoms with E-state index in [2.05, 4.69) is 4.98 Å². The molecular formula is C11H12ClN3O. The monoisotopic (exact) mass is 237 g/mol. The van der Waals surface area contributed by atoms with Crippen LogP contribution in [-0.4, -0.2) is 28.4 Å². The van der Waals surface area contributed by atoms with Gasteiger partial charge in [-0.05, 0) is 26.0 Å².